The van der Waals surface area contributed by atoms with E-state index >= 15 is 0 Å². The molecule has 0 saturated heterocycles. The van der Waals surface area contributed by atoms with Crippen LogP contribution in [-0.4, -0.2) is 29.0 Å². The summed E-state index contributed by atoms with van der Waals surface area (Å²) in [5.74, 6) is -0.661. The summed E-state index contributed by atoms with van der Waals surface area (Å²) in [4.78, 5) is 35.5. The molecule has 0 aliphatic rings. The number of methoxy groups -OCH3 is 1. The van der Waals surface area contributed by atoms with E-state index in [1.165, 1.54) is 18.4 Å². The first-order valence-electron chi connectivity index (χ1n) is 9.00. The second-order valence-electron chi connectivity index (χ2n) is 6.43. The molecule has 0 bridgehead atoms. The lowest BCUT2D eigenvalue weighted by atomic mass is 10.1. The van der Waals surface area contributed by atoms with Gasteiger partial charge < -0.3 is 4.74 Å². The molecule has 2 heterocycles. The summed E-state index contributed by atoms with van der Waals surface area (Å²) >= 11 is 4.92. The smallest absolute Gasteiger partial charge is 0.337 e. The highest BCUT2D eigenvalue weighted by atomic mass is 79.9. The first-order chi connectivity index (χ1) is 14.5. The predicted octanol–water partition coefficient (Wildman–Crippen LogP) is 5.09. The maximum Gasteiger partial charge on any atom is 0.337 e. The number of ether oxygens (including phenoxy) is 1. The topological polar surface area (TPSA) is 72.4 Å². The van der Waals surface area contributed by atoms with Crippen LogP contribution in [0.4, 0.5) is 5.13 Å². The van der Waals surface area contributed by atoms with Gasteiger partial charge in [-0.1, -0.05) is 33.3 Å². The van der Waals surface area contributed by atoms with Gasteiger partial charge in [0.2, 0.25) is 0 Å². The van der Waals surface area contributed by atoms with E-state index in [0.29, 0.717) is 22.8 Å². The number of benzene rings is 2. The molecule has 0 radical (unpaired) electrons. The Labute approximate surface area is 185 Å². The lowest BCUT2D eigenvalue weighted by molar-refractivity contribution is 0.0600. The van der Waals surface area contributed by atoms with E-state index in [2.05, 4.69) is 25.9 Å². The van der Waals surface area contributed by atoms with E-state index < -0.39 is 5.97 Å². The highest BCUT2D eigenvalue weighted by Gasteiger charge is 2.22. The Kier molecular flexibility index (Phi) is 5.87. The molecule has 0 unspecified atom stereocenters. The fourth-order valence-electron chi connectivity index (χ4n) is 2.92. The van der Waals surface area contributed by atoms with Crippen LogP contribution in [0.3, 0.4) is 0 Å². The van der Waals surface area contributed by atoms with Crippen molar-refractivity contribution < 1.29 is 14.3 Å². The zero-order valence-corrected chi connectivity index (χ0v) is 18.3. The summed E-state index contributed by atoms with van der Waals surface area (Å²) in [6.07, 6.45) is 3.42. The van der Waals surface area contributed by atoms with Crippen molar-refractivity contribution in [1.82, 2.24) is 9.97 Å². The number of pyridine rings is 1. The summed E-state index contributed by atoms with van der Waals surface area (Å²) in [5.41, 5.74) is 2.55. The number of anilines is 1. The molecular formula is C22H16BrN3O3S. The molecule has 0 atom stereocenters. The Morgan fingerprint density at radius 3 is 2.57 bits per heavy atom. The van der Waals surface area contributed by atoms with Crippen LogP contribution in [0.5, 0.6) is 0 Å². The second-order valence-corrected chi connectivity index (χ2v) is 8.35. The Balaban J connectivity index is 1.72. The minimum absolute atomic E-state index is 0.214. The molecule has 1 amide bonds. The van der Waals surface area contributed by atoms with Gasteiger partial charge in [-0.25, -0.2) is 9.78 Å². The van der Waals surface area contributed by atoms with Crippen molar-refractivity contribution in [3.05, 3.63) is 88.2 Å². The lowest BCUT2D eigenvalue weighted by Crippen LogP contribution is -2.30. The van der Waals surface area contributed by atoms with Gasteiger partial charge in [0, 0.05) is 22.4 Å². The standard InChI is InChI=1S/C22H16BrN3O3S/c1-29-21(28)16-6-4-15(5-7-16)20(27)26(13-14-3-2-10-24-12-14)22-25-18-9-8-17(23)11-19(18)30-22/h2-12H,13H2,1H3. The zero-order valence-electron chi connectivity index (χ0n) is 15.9. The number of hydrogen-bond acceptors (Lipinski definition) is 6. The van der Waals surface area contributed by atoms with Gasteiger partial charge in [-0.05, 0) is 54.1 Å². The van der Waals surface area contributed by atoms with Gasteiger partial charge in [-0.3, -0.25) is 14.7 Å². The number of hydrogen-bond donors (Lipinski definition) is 0. The van der Waals surface area contributed by atoms with E-state index in [1.807, 2.05) is 30.3 Å². The second kappa shape index (κ2) is 8.73. The highest BCUT2D eigenvalue weighted by molar-refractivity contribution is 9.10. The van der Waals surface area contributed by atoms with E-state index in [-0.39, 0.29) is 5.91 Å². The summed E-state index contributed by atoms with van der Waals surface area (Å²) in [5, 5.41) is 0.592. The number of esters is 1. The largest absolute Gasteiger partial charge is 0.465 e. The molecule has 2 aromatic heterocycles. The fraction of sp³-hybridized carbons (Fsp3) is 0.0909. The van der Waals surface area contributed by atoms with Crippen molar-refractivity contribution in [2.24, 2.45) is 0 Å². The van der Waals surface area contributed by atoms with Gasteiger partial charge >= 0.3 is 5.97 Å². The Morgan fingerprint density at radius 2 is 1.87 bits per heavy atom. The van der Waals surface area contributed by atoms with Gasteiger partial charge in [-0.2, -0.15) is 0 Å². The van der Waals surface area contributed by atoms with Gasteiger partial charge in [0.1, 0.15) is 0 Å². The average molecular weight is 482 g/mol. The Hall–Kier alpha value is -3.10. The van der Waals surface area contributed by atoms with Crippen LogP contribution in [0, 0.1) is 0 Å². The van der Waals surface area contributed by atoms with E-state index in [4.69, 9.17) is 4.74 Å². The summed E-state index contributed by atoms with van der Waals surface area (Å²) in [7, 11) is 1.32. The van der Waals surface area contributed by atoms with Crippen LogP contribution in [0.2, 0.25) is 0 Å². The molecule has 4 rings (SSSR count). The summed E-state index contributed by atoms with van der Waals surface area (Å²) < 4.78 is 6.65. The number of aromatic nitrogens is 2. The van der Waals surface area contributed by atoms with Crippen LogP contribution >= 0.6 is 27.3 Å². The molecule has 30 heavy (non-hydrogen) atoms. The predicted molar refractivity (Wildman–Crippen MR) is 120 cm³/mol. The third kappa shape index (κ3) is 4.24. The SMILES string of the molecule is COC(=O)c1ccc(C(=O)N(Cc2cccnc2)c2nc3ccc(Br)cc3s2)cc1. The highest BCUT2D eigenvalue weighted by Crippen LogP contribution is 2.32. The molecule has 0 spiro atoms. The number of fused-ring (bicyclic) bond motifs is 1. The molecule has 4 aromatic rings. The summed E-state index contributed by atoms with van der Waals surface area (Å²) in [6, 6.07) is 16.0. The van der Waals surface area contributed by atoms with E-state index in [1.54, 1.807) is 41.6 Å². The number of thiazole rings is 1. The maximum atomic E-state index is 13.4. The van der Waals surface area contributed by atoms with Crippen LogP contribution in [-0.2, 0) is 11.3 Å². The van der Waals surface area contributed by atoms with Crippen LogP contribution in [0.25, 0.3) is 10.2 Å². The molecular weight excluding hydrogens is 466 g/mol. The molecule has 150 valence electrons. The van der Waals surface area contributed by atoms with Crippen molar-refractivity contribution in [3.8, 4) is 0 Å². The van der Waals surface area contributed by atoms with Crippen molar-refractivity contribution in [2.45, 2.75) is 6.54 Å². The van der Waals surface area contributed by atoms with E-state index in [9.17, 15) is 9.59 Å². The monoisotopic (exact) mass is 481 g/mol. The number of amides is 1. The zero-order chi connectivity index (χ0) is 21.1. The molecule has 0 saturated carbocycles. The molecule has 8 heteroatoms. The third-order valence-corrected chi connectivity index (χ3v) is 5.97. The van der Waals surface area contributed by atoms with Crippen molar-refractivity contribution in [2.75, 3.05) is 12.0 Å². The third-order valence-electron chi connectivity index (χ3n) is 4.43. The Bertz CT molecular complexity index is 1210. The minimum Gasteiger partial charge on any atom is -0.465 e. The number of rotatable bonds is 5. The van der Waals surface area contributed by atoms with Crippen molar-refractivity contribution >= 4 is 54.5 Å². The van der Waals surface area contributed by atoms with Crippen molar-refractivity contribution in [3.63, 3.8) is 0 Å². The van der Waals surface area contributed by atoms with E-state index in [0.717, 1.165) is 20.3 Å². The molecule has 6 nitrogen and oxygen atoms in total. The first-order valence-corrected chi connectivity index (χ1v) is 10.6. The van der Waals surface area contributed by atoms with Gasteiger partial charge in [0.05, 0.1) is 29.4 Å². The van der Waals surface area contributed by atoms with Crippen molar-refractivity contribution in [1.29, 1.82) is 0 Å². The molecule has 0 aliphatic heterocycles. The maximum absolute atomic E-state index is 13.4. The van der Waals surface area contributed by atoms with Crippen LogP contribution in [0.1, 0.15) is 26.3 Å². The number of carbonyl (C=O) groups is 2. The summed E-state index contributed by atoms with van der Waals surface area (Å²) in [6.45, 7) is 0.326. The Morgan fingerprint density at radius 1 is 1.10 bits per heavy atom. The van der Waals surface area contributed by atoms with Gasteiger partial charge in [-0.15, -0.1) is 0 Å². The number of halogens is 1. The number of carbonyl (C=O) groups excluding carboxylic acids is 2. The van der Waals surface area contributed by atoms with Crippen LogP contribution in [0.15, 0.2) is 71.5 Å². The molecule has 2 aromatic carbocycles. The molecule has 0 aliphatic carbocycles. The van der Waals surface area contributed by atoms with Gasteiger partial charge in [0.25, 0.3) is 5.91 Å². The minimum atomic E-state index is -0.446. The quantitative estimate of drug-likeness (QED) is 0.371. The number of nitrogens with zero attached hydrogens (tertiary/aromatic N) is 3. The van der Waals surface area contributed by atoms with Gasteiger partial charge in [0.15, 0.2) is 5.13 Å². The lowest BCUT2D eigenvalue weighted by Gasteiger charge is -2.20. The molecule has 0 N–H and O–H groups in total. The normalized spacial score (nSPS) is 10.7. The van der Waals surface area contributed by atoms with Crippen LogP contribution < -0.4 is 4.90 Å². The molecule has 0 fully saturated rings. The first kappa shape index (κ1) is 20.2. The average Bonchev–Trinajstić information content (AvgIpc) is 3.20. The fourth-order valence-corrected chi connectivity index (χ4v) is 4.44.